The fourth-order valence-electron chi connectivity index (χ4n) is 2.90. The monoisotopic (exact) mass is 363 g/mol. The zero-order valence-electron chi connectivity index (χ0n) is 13.8. The molecule has 1 fully saturated rings. The van der Waals surface area contributed by atoms with Gasteiger partial charge in [0.1, 0.15) is 5.02 Å². The molecule has 2 heterocycles. The highest BCUT2D eigenvalue weighted by molar-refractivity contribution is 6.33. The van der Waals surface area contributed by atoms with E-state index in [2.05, 4.69) is 10.00 Å². The molecule has 0 saturated carbocycles. The Morgan fingerprint density at radius 2 is 2.00 bits per heavy atom. The number of aryl methyl sites for hydroxylation is 1. The van der Waals surface area contributed by atoms with E-state index in [9.17, 15) is 14.9 Å². The van der Waals surface area contributed by atoms with Gasteiger partial charge in [0.2, 0.25) is 0 Å². The fraction of sp³-hybridized carbons (Fsp3) is 0.375. The van der Waals surface area contributed by atoms with Gasteiger partial charge in [-0.2, -0.15) is 5.10 Å². The first-order valence-electron chi connectivity index (χ1n) is 7.88. The van der Waals surface area contributed by atoms with Gasteiger partial charge in [0.25, 0.3) is 11.2 Å². The number of piperazine rings is 1. The molecule has 0 aliphatic carbocycles. The summed E-state index contributed by atoms with van der Waals surface area (Å²) in [4.78, 5) is 26.6. The van der Waals surface area contributed by atoms with Crippen LogP contribution in [0.2, 0.25) is 5.02 Å². The zero-order chi connectivity index (χ0) is 18.0. The maximum Gasteiger partial charge on any atom is 0.287 e. The van der Waals surface area contributed by atoms with Gasteiger partial charge >= 0.3 is 0 Å². The summed E-state index contributed by atoms with van der Waals surface area (Å²) < 4.78 is 1.21. The highest BCUT2D eigenvalue weighted by Crippen LogP contribution is 2.23. The van der Waals surface area contributed by atoms with Crippen molar-refractivity contribution in [3.63, 3.8) is 0 Å². The number of hydrogen-bond acceptors (Lipinski definition) is 6. The third-order valence-electron chi connectivity index (χ3n) is 4.30. The van der Waals surface area contributed by atoms with Crippen LogP contribution in [0.1, 0.15) is 5.56 Å². The molecule has 25 heavy (non-hydrogen) atoms. The van der Waals surface area contributed by atoms with Crippen LogP contribution in [0.5, 0.6) is 0 Å². The van der Waals surface area contributed by atoms with Crippen molar-refractivity contribution in [2.45, 2.75) is 6.54 Å². The quantitative estimate of drug-likeness (QED) is 0.606. The molecule has 132 valence electrons. The molecule has 3 rings (SSSR count). The first kappa shape index (κ1) is 17.4. The summed E-state index contributed by atoms with van der Waals surface area (Å²) in [6.07, 6.45) is 1.61. The van der Waals surface area contributed by atoms with Gasteiger partial charge in [0, 0.05) is 51.9 Å². The summed E-state index contributed by atoms with van der Waals surface area (Å²) in [5.41, 5.74) is 1.36. The zero-order valence-corrected chi connectivity index (χ0v) is 14.5. The minimum atomic E-state index is -0.383. The van der Waals surface area contributed by atoms with Gasteiger partial charge in [-0.15, -0.1) is 0 Å². The molecular formula is C16H18ClN5O3. The predicted octanol–water partition coefficient (Wildman–Crippen LogP) is 1.66. The van der Waals surface area contributed by atoms with Crippen LogP contribution in [-0.2, 0) is 13.6 Å². The fourth-order valence-corrected chi connectivity index (χ4v) is 3.19. The second-order valence-corrected chi connectivity index (χ2v) is 6.34. The Morgan fingerprint density at radius 3 is 2.68 bits per heavy atom. The van der Waals surface area contributed by atoms with E-state index in [4.69, 9.17) is 11.6 Å². The molecule has 8 nitrogen and oxygen atoms in total. The Labute approximate surface area is 149 Å². The maximum absolute atomic E-state index is 11.9. The largest absolute Gasteiger partial charge is 0.366 e. The minimum Gasteiger partial charge on any atom is -0.366 e. The molecule has 1 aromatic heterocycles. The van der Waals surface area contributed by atoms with Crippen LogP contribution >= 0.6 is 11.6 Å². The molecular weight excluding hydrogens is 346 g/mol. The number of aromatic nitrogens is 2. The molecule has 1 aliphatic heterocycles. The van der Waals surface area contributed by atoms with Crippen molar-refractivity contribution in [3.8, 4) is 0 Å². The number of nitrogens with zero attached hydrogens (tertiary/aromatic N) is 5. The van der Waals surface area contributed by atoms with Crippen molar-refractivity contribution in [3.05, 3.63) is 61.5 Å². The number of non-ortho nitro benzene ring substituents is 1. The third-order valence-corrected chi connectivity index (χ3v) is 4.66. The van der Waals surface area contributed by atoms with Gasteiger partial charge in [-0.1, -0.05) is 23.7 Å². The van der Waals surface area contributed by atoms with E-state index in [0.717, 1.165) is 18.7 Å². The lowest BCUT2D eigenvalue weighted by Gasteiger charge is -2.36. The van der Waals surface area contributed by atoms with E-state index in [1.54, 1.807) is 25.4 Å². The number of anilines is 1. The molecule has 2 aromatic rings. The van der Waals surface area contributed by atoms with E-state index in [1.807, 2.05) is 11.0 Å². The van der Waals surface area contributed by atoms with Crippen LogP contribution in [0.15, 0.2) is 35.3 Å². The number of hydrogen-bond donors (Lipinski definition) is 0. The van der Waals surface area contributed by atoms with Gasteiger partial charge in [-0.25, -0.2) is 4.68 Å². The minimum absolute atomic E-state index is 0.106. The highest BCUT2D eigenvalue weighted by atomic mass is 35.5. The lowest BCUT2D eigenvalue weighted by atomic mass is 10.1. The van der Waals surface area contributed by atoms with E-state index in [1.165, 1.54) is 10.7 Å². The van der Waals surface area contributed by atoms with Crippen molar-refractivity contribution >= 4 is 23.0 Å². The number of benzene rings is 1. The predicted molar refractivity (Wildman–Crippen MR) is 95.1 cm³/mol. The first-order valence-corrected chi connectivity index (χ1v) is 8.26. The lowest BCUT2D eigenvalue weighted by molar-refractivity contribution is -0.384. The molecule has 1 aromatic carbocycles. The van der Waals surface area contributed by atoms with E-state index in [0.29, 0.717) is 25.3 Å². The summed E-state index contributed by atoms with van der Waals surface area (Å²) in [5.74, 6) is 0. The Balaban J connectivity index is 1.64. The summed E-state index contributed by atoms with van der Waals surface area (Å²) >= 11 is 6.15. The van der Waals surface area contributed by atoms with Crippen LogP contribution in [0.4, 0.5) is 11.4 Å². The number of halogens is 1. The van der Waals surface area contributed by atoms with Crippen molar-refractivity contribution in [2.75, 3.05) is 31.1 Å². The topological polar surface area (TPSA) is 84.5 Å². The molecule has 9 heteroatoms. The molecule has 1 aliphatic rings. The Kier molecular flexibility index (Phi) is 5.00. The molecule has 1 saturated heterocycles. The molecule has 0 radical (unpaired) electrons. The smallest absolute Gasteiger partial charge is 0.287 e. The second kappa shape index (κ2) is 7.20. The average Bonchev–Trinajstić information content (AvgIpc) is 2.61. The summed E-state index contributed by atoms with van der Waals surface area (Å²) in [6.45, 7) is 3.62. The molecule has 0 bridgehead atoms. The van der Waals surface area contributed by atoms with Crippen LogP contribution < -0.4 is 10.5 Å². The van der Waals surface area contributed by atoms with Gasteiger partial charge < -0.3 is 4.90 Å². The first-order chi connectivity index (χ1) is 12.0. The maximum atomic E-state index is 11.9. The van der Waals surface area contributed by atoms with E-state index in [-0.39, 0.29) is 21.2 Å². The average molecular weight is 364 g/mol. The van der Waals surface area contributed by atoms with Crippen molar-refractivity contribution in [1.82, 2.24) is 14.7 Å². The van der Waals surface area contributed by atoms with Crippen LogP contribution in [0, 0.1) is 10.1 Å². The molecule has 0 amide bonds. The van der Waals surface area contributed by atoms with Crippen LogP contribution in [-0.4, -0.2) is 45.8 Å². The Hall–Kier alpha value is -2.45. The standard InChI is InChI=1S/C16H18ClN5O3/c1-19-16(23)15(17)14(10-18-19)21-7-5-20(6-8-21)11-12-3-2-4-13(9-12)22(24)25/h2-4,9-10H,5-8,11H2,1H3. The van der Waals surface area contributed by atoms with Crippen LogP contribution in [0.3, 0.4) is 0 Å². The molecule has 0 N–H and O–H groups in total. The highest BCUT2D eigenvalue weighted by Gasteiger charge is 2.21. The SMILES string of the molecule is Cn1ncc(N2CCN(Cc3cccc([N+](=O)[O-])c3)CC2)c(Cl)c1=O. The normalized spacial score (nSPS) is 15.4. The number of nitro groups is 1. The number of nitro benzene ring substituents is 1. The summed E-state index contributed by atoms with van der Waals surface area (Å²) in [6, 6.07) is 6.69. The van der Waals surface area contributed by atoms with Gasteiger partial charge in [0.05, 0.1) is 16.8 Å². The Morgan fingerprint density at radius 1 is 1.28 bits per heavy atom. The summed E-state index contributed by atoms with van der Waals surface area (Å²) in [5, 5.41) is 15.1. The lowest BCUT2D eigenvalue weighted by Crippen LogP contribution is -2.46. The number of rotatable bonds is 4. The Bertz CT molecular complexity index is 846. The molecule has 0 atom stereocenters. The summed E-state index contributed by atoms with van der Waals surface area (Å²) in [7, 11) is 1.56. The van der Waals surface area contributed by atoms with Gasteiger partial charge in [-0.05, 0) is 5.56 Å². The van der Waals surface area contributed by atoms with Crippen LogP contribution in [0.25, 0.3) is 0 Å². The molecule has 0 spiro atoms. The van der Waals surface area contributed by atoms with Gasteiger partial charge in [0.15, 0.2) is 0 Å². The third kappa shape index (κ3) is 3.80. The second-order valence-electron chi connectivity index (χ2n) is 5.96. The van der Waals surface area contributed by atoms with Gasteiger partial charge in [-0.3, -0.25) is 19.8 Å². The van der Waals surface area contributed by atoms with E-state index >= 15 is 0 Å². The van der Waals surface area contributed by atoms with Crippen molar-refractivity contribution in [1.29, 1.82) is 0 Å². The molecule has 0 unspecified atom stereocenters. The van der Waals surface area contributed by atoms with Crippen molar-refractivity contribution in [2.24, 2.45) is 7.05 Å². The van der Waals surface area contributed by atoms with E-state index < -0.39 is 0 Å². The van der Waals surface area contributed by atoms with Crippen molar-refractivity contribution < 1.29 is 4.92 Å².